The first-order valence-electron chi connectivity index (χ1n) is 8.53. The lowest BCUT2D eigenvalue weighted by Gasteiger charge is -2.31. The van der Waals surface area contributed by atoms with Crippen molar-refractivity contribution < 1.29 is 19.0 Å². The van der Waals surface area contributed by atoms with Crippen molar-refractivity contribution in [3.8, 4) is 17.2 Å². The van der Waals surface area contributed by atoms with Crippen molar-refractivity contribution in [1.29, 1.82) is 0 Å². The third-order valence-corrected chi connectivity index (χ3v) is 3.98. The third-order valence-electron chi connectivity index (χ3n) is 3.98. The van der Waals surface area contributed by atoms with Gasteiger partial charge in [-0.1, -0.05) is 24.3 Å². The number of hydrogen-bond acceptors (Lipinski definition) is 4. The van der Waals surface area contributed by atoms with Gasteiger partial charge < -0.3 is 19.5 Å². The van der Waals surface area contributed by atoms with Gasteiger partial charge in [-0.05, 0) is 50.1 Å². The zero-order valence-electron chi connectivity index (χ0n) is 14.5. The zero-order valence-corrected chi connectivity index (χ0v) is 14.5. The molecule has 1 N–H and O–H groups in total. The van der Waals surface area contributed by atoms with Crippen LogP contribution < -0.4 is 19.5 Å². The van der Waals surface area contributed by atoms with Crippen LogP contribution in [0, 0.1) is 6.92 Å². The number of carbonyl (C=O) groups excluding carboxylic acids is 1. The molecule has 0 saturated heterocycles. The van der Waals surface area contributed by atoms with Gasteiger partial charge in [0.25, 0.3) is 5.91 Å². The molecule has 0 aromatic heterocycles. The van der Waals surface area contributed by atoms with E-state index in [1.54, 1.807) is 6.07 Å². The SMILES string of the molecule is Cc1cccc(OCCCNC(=O)C2Oc3ccccc3OC2C)c1. The highest BCUT2D eigenvalue weighted by Crippen LogP contribution is 2.33. The van der Waals surface area contributed by atoms with Gasteiger partial charge >= 0.3 is 0 Å². The minimum atomic E-state index is -0.646. The van der Waals surface area contributed by atoms with Crippen LogP contribution in [0.4, 0.5) is 0 Å². The highest BCUT2D eigenvalue weighted by Gasteiger charge is 2.33. The minimum Gasteiger partial charge on any atom is -0.494 e. The number of benzene rings is 2. The molecule has 3 rings (SSSR count). The van der Waals surface area contributed by atoms with Crippen molar-refractivity contribution in [3.05, 3.63) is 54.1 Å². The Morgan fingerprint density at radius 1 is 1.12 bits per heavy atom. The zero-order chi connectivity index (χ0) is 17.6. The summed E-state index contributed by atoms with van der Waals surface area (Å²) in [4.78, 5) is 12.3. The molecule has 0 fully saturated rings. The van der Waals surface area contributed by atoms with Crippen LogP contribution >= 0.6 is 0 Å². The molecule has 2 atom stereocenters. The molecule has 0 spiro atoms. The number of fused-ring (bicyclic) bond motifs is 1. The van der Waals surface area contributed by atoms with Crippen LogP contribution in [0.25, 0.3) is 0 Å². The molecule has 0 saturated carbocycles. The summed E-state index contributed by atoms with van der Waals surface area (Å²) in [5.74, 6) is 1.95. The standard InChI is InChI=1S/C20H23NO4/c1-14-7-5-8-16(13-14)23-12-6-11-21-20(22)19-15(2)24-17-9-3-4-10-18(17)25-19/h3-5,7-10,13,15,19H,6,11-12H2,1-2H3,(H,21,22). The molecule has 2 unspecified atom stereocenters. The second kappa shape index (κ2) is 7.92. The average molecular weight is 341 g/mol. The lowest BCUT2D eigenvalue weighted by molar-refractivity contribution is -0.133. The van der Waals surface area contributed by atoms with E-state index >= 15 is 0 Å². The number of ether oxygens (including phenoxy) is 3. The highest BCUT2D eigenvalue weighted by molar-refractivity contribution is 5.82. The second-order valence-electron chi connectivity index (χ2n) is 6.12. The van der Waals surface area contributed by atoms with Gasteiger partial charge in [-0.3, -0.25) is 4.79 Å². The predicted octanol–water partition coefficient (Wildman–Crippen LogP) is 3.11. The van der Waals surface area contributed by atoms with Gasteiger partial charge in [-0.25, -0.2) is 0 Å². The number of para-hydroxylation sites is 2. The summed E-state index contributed by atoms with van der Waals surface area (Å²) in [5.41, 5.74) is 1.16. The van der Waals surface area contributed by atoms with E-state index in [0.29, 0.717) is 24.7 Å². The predicted molar refractivity (Wildman–Crippen MR) is 95.2 cm³/mol. The summed E-state index contributed by atoms with van der Waals surface area (Å²) in [7, 11) is 0. The maximum atomic E-state index is 12.3. The van der Waals surface area contributed by atoms with Gasteiger partial charge in [0.15, 0.2) is 11.5 Å². The van der Waals surface area contributed by atoms with Gasteiger partial charge in [-0.15, -0.1) is 0 Å². The first-order valence-corrected chi connectivity index (χ1v) is 8.53. The number of aryl methyl sites for hydroxylation is 1. The van der Waals surface area contributed by atoms with Crippen LogP contribution in [0.3, 0.4) is 0 Å². The molecule has 2 aromatic rings. The summed E-state index contributed by atoms with van der Waals surface area (Å²) in [5, 5.41) is 2.89. The Kier molecular flexibility index (Phi) is 5.43. The largest absolute Gasteiger partial charge is 0.494 e. The topological polar surface area (TPSA) is 56.8 Å². The first kappa shape index (κ1) is 17.1. The van der Waals surface area contributed by atoms with Gasteiger partial charge in [0.2, 0.25) is 6.10 Å². The van der Waals surface area contributed by atoms with Crippen molar-refractivity contribution in [1.82, 2.24) is 5.32 Å². The third kappa shape index (κ3) is 4.44. The highest BCUT2D eigenvalue weighted by atomic mass is 16.6. The van der Waals surface area contributed by atoms with Crippen molar-refractivity contribution in [2.45, 2.75) is 32.5 Å². The second-order valence-corrected chi connectivity index (χ2v) is 6.12. The monoisotopic (exact) mass is 341 g/mol. The Bertz CT molecular complexity index is 731. The normalized spacial score (nSPS) is 18.5. The van der Waals surface area contributed by atoms with E-state index < -0.39 is 6.10 Å². The molecule has 1 aliphatic rings. The number of carbonyl (C=O) groups is 1. The molecular weight excluding hydrogens is 318 g/mol. The van der Waals surface area contributed by atoms with Crippen molar-refractivity contribution in [2.24, 2.45) is 0 Å². The molecule has 2 aromatic carbocycles. The van der Waals surface area contributed by atoms with E-state index in [4.69, 9.17) is 14.2 Å². The summed E-state index contributed by atoms with van der Waals surface area (Å²) in [6, 6.07) is 15.3. The Labute approximate surface area is 147 Å². The minimum absolute atomic E-state index is 0.169. The molecule has 0 radical (unpaired) electrons. The summed E-state index contributed by atoms with van der Waals surface area (Å²) in [6.07, 6.45) is -0.260. The van der Waals surface area contributed by atoms with Crippen LogP contribution in [-0.4, -0.2) is 31.3 Å². The molecule has 132 valence electrons. The van der Waals surface area contributed by atoms with E-state index in [1.807, 2.05) is 56.3 Å². The quantitative estimate of drug-likeness (QED) is 0.820. The summed E-state index contributed by atoms with van der Waals surface area (Å²) < 4.78 is 17.2. The fourth-order valence-electron chi connectivity index (χ4n) is 2.69. The van der Waals surface area contributed by atoms with E-state index in [9.17, 15) is 4.79 Å². The van der Waals surface area contributed by atoms with Gasteiger partial charge in [-0.2, -0.15) is 0 Å². The molecule has 0 bridgehead atoms. The van der Waals surface area contributed by atoms with Crippen LogP contribution in [0.1, 0.15) is 18.9 Å². The fourth-order valence-corrected chi connectivity index (χ4v) is 2.69. The lowest BCUT2D eigenvalue weighted by Crippen LogP contribution is -2.49. The number of amides is 1. The Balaban J connectivity index is 1.42. The molecule has 1 amide bonds. The smallest absolute Gasteiger partial charge is 0.265 e. The molecule has 1 heterocycles. The lowest BCUT2D eigenvalue weighted by atomic mass is 10.1. The number of nitrogens with one attached hydrogen (secondary N) is 1. The van der Waals surface area contributed by atoms with Crippen LogP contribution in [0.2, 0.25) is 0 Å². The number of rotatable bonds is 6. The maximum absolute atomic E-state index is 12.3. The van der Waals surface area contributed by atoms with Gasteiger partial charge in [0, 0.05) is 6.54 Å². The maximum Gasteiger partial charge on any atom is 0.265 e. The molecule has 0 aliphatic carbocycles. The number of hydrogen-bond donors (Lipinski definition) is 1. The van der Waals surface area contributed by atoms with Crippen LogP contribution in [0.15, 0.2) is 48.5 Å². The Morgan fingerprint density at radius 3 is 2.64 bits per heavy atom. The van der Waals surface area contributed by atoms with Crippen molar-refractivity contribution in [3.63, 3.8) is 0 Å². The van der Waals surface area contributed by atoms with E-state index in [1.165, 1.54) is 0 Å². The molecule has 5 heteroatoms. The van der Waals surface area contributed by atoms with Crippen molar-refractivity contribution in [2.75, 3.05) is 13.2 Å². The van der Waals surface area contributed by atoms with Crippen LogP contribution in [-0.2, 0) is 4.79 Å². The van der Waals surface area contributed by atoms with E-state index in [0.717, 1.165) is 17.7 Å². The average Bonchev–Trinajstić information content (AvgIpc) is 2.60. The van der Waals surface area contributed by atoms with E-state index in [-0.39, 0.29) is 12.0 Å². The van der Waals surface area contributed by atoms with E-state index in [2.05, 4.69) is 5.32 Å². The Morgan fingerprint density at radius 2 is 1.88 bits per heavy atom. The van der Waals surface area contributed by atoms with Crippen molar-refractivity contribution >= 4 is 5.91 Å². The van der Waals surface area contributed by atoms with Gasteiger partial charge in [0.05, 0.1) is 6.61 Å². The molecule has 5 nitrogen and oxygen atoms in total. The Hall–Kier alpha value is -2.69. The van der Waals surface area contributed by atoms with Crippen LogP contribution in [0.5, 0.6) is 17.2 Å². The summed E-state index contributed by atoms with van der Waals surface area (Å²) in [6.45, 7) is 4.93. The first-order chi connectivity index (χ1) is 12.1. The summed E-state index contributed by atoms with van der Waals surface area (Å²) >= 11 is 0. The molecular formula is C20H23NO4. The fraction of sp³-hybridized carbons (Fsp3) is 0.350. The molecule has 1 aliphatic heterocycles. The molecule has 25 heavy (non-hydrogen) atoms. The van der Waals surface area contributed by atoms with Gasteiger partial charge in [0.1, 0.15) is 11.9 Å².